The summed E-state index contributed by atoms with van der Waals surface area (Å²) in [5.41, 5.74) is 0. The van der Waals surface area contributed by atoms with E-state index in [0.29, 0.717) is 6.54 Å². The van der Waals surface area contributed by atoms with Crippen LogP contribution in [0, 0.1) is 0 Å². The van der Waals surface area contributed by atoms with E-state index in [1.165, 1.54) is 6.33 Å². The first-order valence-electron chi connectivity index (χ1n) is 3.48. The molecular weight excluding hydrogens is 158 g/mol. The Hall–Kier alpha value is -1.79. The molecule has 0 amide bonds. The van der Waals surface area contributed by atoms with Crippen molar-refractivity contribution in [2.45, 2.75) is 13.1 Å². The van der Waals surface area contributed by atoms with E-state index < -0.39 is 0 Å². The summed E-state index contributed by atoms with van der Waals surface area (Å²) in [6.07, 6.45) is 4.72. The fourth-order valence-electron chi connectivity index (χ4n) is 0.836. The molecule has 0 aromatic carbocycles. The standard InChI is InChI=1S/C5H7N7/c1(11-4-6-3-8-11)2-12-5-7-9-10-12/h3-5H,1-2H2. The highest BCUT2D eigenvalue weighted by molar-refractivity contribution is 4.56. The Morgan fingerprint density at radius 2 is 2.00 bits per heavy atom. The summed E-state index contributed by atoms with van der Waals surface area (Å²) in [5, 5.41) is 14.7. The van der Waals surface area contributed by atoms with E-state index >= 15 is 0 Å². The van der Waals surface area contributed by atoms with Gasteiger partial charge in [0.2, 0.25) is 0 Å². The molecule has 2 aromatic rings. The maximum Gasteiger partial charge on any atom is 0.138 e. The second-order valence-electron chi connectivity index (χ2n) is 2.23. The first-order valence-corrected chi connectivity index (χ1v) is 3.48. The van der Waals surface area contributed by atoms with Gasteiger partial charge in [0.15, 0.2) is 0 Å². The average Bonchev–Trinajstić information content (AvgIpc) is 2.74. The highest BCUT2D eigenvalue weighted by atomic mass is 15.5. The van der Waals surface area contributed by atoms with Gasteiger partial charge < -0.3 is 0 Å². The molecule has 0 aliphatic heterocycles. The topological polar surface area (TPSA) is 74.3 Å². The van der Waals surface area contributed by atoms with Crippen molar-refractivity contribution >= 4 is 0 Å². The van der Waals surface area contributed by atoms with Crippen LogP contribution in [0.5, 0.6) is 0 Å². The SMILES string of the molecule is c1ncn(CCn2cnnn2)n1. The minimum Gasteiger partial charge on any atom is -0.251 e. The second kappa shape index (κ2) is 3.07. The molecule has 7 nitrogen and oxygen atoms in total. The quantitative estimate of drug-likeness (QED) is 0.581. The highest BCUT2D eigenvalue weighted by Gasteiger charge is 1.93. The number of hydrogen-bond acceptors (Lipinski definition) is 5. The molecular formula is C5H7N7. The number of nitrogens with zero attached hydrogens (tertiary/aromatic N) is 7. The van der Waals surface area contributed by atoms with Crippen molar-refractivity contribution < 1.29 is 0 Å². The highest BCUT2D eigenvalue weighted by Crippen LogP contribution is 1.83. The van der Waals surface area contributed by atoms with Gasteiger partial charge in [0.25, 0.3) is 0 Å². The second-order valence-corrected chi connectivity index (χ2v) is 2.23. The Morgan fingerprint density at radius 1 is 1.08 bits per heavy atom. The fourth-order valence-corrected chi connectivity index (χ4v) is 0.836. The molecule has 0 aliphatic rings. The van der Waals surface area contributed by atoms with Gasteiger partial charge in [-0.15, -0.1) is 5.10 Å². The fraction of sp³-hybridized carbons (Fsp3) is 0.400. The molecule has 0 atom stereocenters. The Kier molecular flexibility index (Phi) is 1.77. The van der Waals surface area contributed by atoms with Crippen LogP contribution < -0.4 is 0 Å². The number of tetrazole rings is 1. The Balaban J connectivity index is 1.91. The summed E-state index contributed by atoms with van der Waals surface area (Å²) >= 11 is 0. The van der Waals surface area contributed by atoms with Crippen molar-refractivity contribution in [2.24, 2.45) is 0 Å². The number of aryl methyl sites for hydroxylation is 2. The van der Waals surface area contributed by atoms with Crippen LogP contribution in [0.15, 0.2) is 19.0 Å². The monoisotopic (exact) mass is 165 g/mol. The third kappa shape index (κ3) is 1.44. The molecule has 0 radical (unpaired) electrons. The first-order chi connectivity index (χ1) is 5.95. The van der Waals surface area contributed by atoms with E-state index in [1.54, 1.807) is 22.0 Å². The Labute approximate surface area is 68.0 Å². The predicted octanol–water partition coefficient (Wildman–Crippen LogP) is -1.04. The summed E-state index contributed by atoms with van der Waals surface area (Å²) in [5.74, 6) is 0. The van der Waals surface area contributed by atoms with Crippen molar-refractivity contribution in [3.05, 3.63) is 19.0 Å². The summed E-state index contributed by atoms with van der Waals surface area (Å²) in [7, 11) is 0. The maximum absolute atomic E-state index is 3.94. The molecule has 0 saturated heterocycles. The van der Waals surface area contributed by atoms with Crippen LogP contribution in [0.2, 0.25) is 0 Å². The predicted molar refractivity (Wildman–Crippen MR) is 37.8 cm³/mol. The van der Waals surface area contributed by atoms with Crippen LogP contribution in [0.4, 0.5) is 0 Å². The minimum absolute atomic E-state index is 0.705. The molecule has 2 aromatic heterocycles. The zero-order valence-electron chi connectivity index (χ0n) is 6.28. The van der Waals surface area contributed by atoms with Crippen molar-refractivity contribution in [3.63, 3.8) is 0 Å². The molecule has 2 rings (SSSR count). The molecule has 0 saturated carbocycles. The van der Waals surface area contributed by atoms with E-state index in [2.05, 4.69) is 25.6 Å². The van der Waals surface area contributed by atoms with Crippen molar-refractivity contribution in [1.82, 2.24) is 35.0 Å². The molecule has 2 heterocycles. The molecule has 0 fully saturated rings. The third-order valence-corrected chi connectivity index (χ3v) is 1.42. The van der Waals surface area contributed by atoms with E-state index in [4.69, 9.17) is 0 Å². The lowest BCUT2D eigenvalue weighted by atomic mass is 10.6. The van der Waals surface area contributed by atoms with Crippen LogP contribution in [-0.2, 0) is 13.1 Å². The van der Waals surface area contributed by atoms with Crippen LogP contribution in [0.3, 0.4) is 0 Å². The molecule has 0 N–H and O–H groups in total. The van der Waals surface area contributed by atoms with Crippen LogP contribution in [0.25, 0.3) is 0 Å². The van der Waals surface area contributed by atoms with Gasteiger partial charge in [0.1, 0.15) is 19.0 Å². The zero-order chi connectivity index (χ0) is 8.23. The van der Waals surface area contributed by atoms with E-state index in [0.717, 1.165) is 6.54 Å². The van der Waals surface area contributed by atoms with Crippen molar-refractivity contribution in [3.8, 4) is 0 Å². The van der Waals surface area contributed by atoms with Gasteiger partial charge in [-0.1, -0.05) is 0 Å². The van der Waals surface area contributed by atoms with E-state index in [-0.39, 0.29) is 0 Å². The smallest absolute Gasteiger partial charge is 0.138 e. The molecule has 0 spiro atoms. The molecule has 62 valence electrons. The summed E-state index contributed by atoms with van der Waals surface area (Å²) in [4.78, 5) is 3.81. The van der Waals surface area contributed by atoms with Gasteiger partial charge in [-0.3, -0.25) is 4.68 Å². The van der Waals surface area contributed by atoms with Crippen LogP contribution in [0.1, 0.15) is 0 Å². The maximum atomic E-state index is 3.94. The number of hydrogen-bond donors (Lipinski definition) is 0. The van der Waals surface area contributed by atoms with Gasteiger partial charge in [-0.2, -0.15) is 5.10 Å². The molecule has 12 heavy (non-hydrogen) atoms. The van der Waals surface area contributed by atoms with Crippen molar-refractivity contribution in [1.29, 1.82) is 0 Å². The summed E-state index contributed by atoms with van der Waals surface area (Å²) in [6.45, 7) is 1.43. The van der Waals surface area contributed by atoms with Crippen LogP contribution >= 0.6 is 0 Å². The van der Waals surface area contributed by atoms with E-state index in [9.17, 15) is 0 Å². The van der Waals surface area contributed by atoms with Crippen molar-refractivity contribution in [2.75, 3.05) is 0 Å². The van der Waals surface area contributed by atoms with Gasteiger partial charge >= 0.3 is 0 Å². The molecule has 0 aliphatic carbocycles. The lowest BCUT2D eigenvalue weighted by Crippen LogP contribution is -2.08. The Morgan fingerprint density at radius 3 is 2.67 bits per heavy atom. The number of aromatic nitrogens is 7. The summed E-state index contributed by atoms with van der Waals surface area (Å²) in [6, 6.07) is 0. The number of rotatable bonds is 3. The molecule has 0 bridgehead atoms. The molecule has 0 unspecified atom stereocenters. The van der Waals surface area contributed by atoms with Crippen LogP contribution in [-0.4, -0.2) is 35.0 Å². The van der Waals surface area contributed by atoms with E-state index in [1.807, 2.05) is 0 Å². The first kappa shape index (κ1) is 6.89. The lowest BCUT2D eigenvalue weighted by Gasteiger charge is -1.97. The Bertz CT molecular complexity index is 275. The van der Waals surface area contributed by atoms with Gasteiger partial charge in [-0.25, -0.2) is 9.67 Å². The van der Waals surface area contributed by atoms with Gasteiger partial charge in [0.05, 0.1) is 13.1 Å². The largest absolute Gasteiger partial charge is 0.251 e. The zero-order valence-corrected chi connectivity index (χ0v) is 6.28. The molecule has 7 heteroatoms. The lowest BCUT2D eigenvalue weighted by molar-refractivity contribution is 0.489. The summed E-state index contributed by atoms with van der Waals surface area (Å²) < 4.78 is 3.36. The minimum atomic E-state index is 0.705. The van der Waals surface area contributed by atoms with Gasteiger partial charge in [0, 0.05) is 0 Å². The normalized spacial score (nSPS) is 10.3. The third-order valence-electron chi connectivity index (χ3n) is 1.42. The average molecular weight is 165 g/mol. The van der Waals surface area contributed by atoms with Gasteiger partial charge in [-0.05, 0) is 10.4 Å².